The lowest BCUT2D eigenvalue weighted by atomic mass is 10.3. The molecule has 0 unspecified atom stereocenters. The second kappa shape index (κ2) is 5.81. The third kappa shape index (κ3) is 5.48. The summed E-state index contributed by atoms with van der Waals surface area (Å²) >= 11 is 1.46. The van der Waals surface area contributed by atoms with Gasteiger partial charge in [-0.2, -0.15) is 13.2 Å². The number of alkyl halides is 3. The van der Waals surface area contributed by atoms with Crippen molar-refractivity contribution in [3.63, 3.8) is 0 Å². The Bertz CT molecular complexity index is 395. The number of halogens is 3. The van der Waals surface area contributed by atoms with E-state index in [2.05, 4.69) is 10.1 Å². The predicted molar refractivity (Wildman–Crippen MR) is 59.2 cm³/mol. The molecular weight excluding hydrogens is 255 g/mol. The van der Waals surface area contributed by atoms with E-state index in [1.54, 1.807) is 18.2 Å². The molecule has 1 N–H and O–H groups in total. The van der Waals surface area contributed by atoms with E-state index in [1.165, 1.54) is 11.8 Å². The zero-order valence-corrected chi connectivity index (χ0v) is 9.69. The highest BCUT2D eigenvalue weighted by molar-refractivity contribution is 7.98. The number of hydrogen-bond donors (Lipinski definition) is 1. The average molecular weight is 265 g/mol. The Balaban J connectivity index is 2.50. The SMILES string of the molecule is CSc1cccc(NC(=O)OCC(F)(F)F)c1. The molecule has 0 bridgehead atoms. The van der Waals surface area contributed by atoms with Crippen LogP contribution in [0.2, 0.25) is 0 Å². The molecule has 0 heterocycles. The van der Waals surface area contributed by atoms with Crippen LogP contribution >= 0.6 is 11.8 Å². The minimum Gasteiger partial charge on any atom is -0.440 e. The lowest BCUT2D eigenvalue weighted by Gasteiger charge is -2.09. The molecule has 17 heavy (non-hydrogen) atoms. The number of carbonyl (C=O) groups is 1. The second-order valence-corrected chi connectivity index (χ2v) is 3.93. The summed E-state index contributed by atoms with van der Waals surface area (Å²) in [7, 11) is 0. The molecule has 3 nitrogen and oxygen atoms in total. The molecule has 0 atom stereocenters. The number of hydrogen-bond acceptors (Lipinski definition) is 3. The van der Waals surface area contributed by atoms with Crippen molar-refractivity contribution in [2.75, 3.05) is 18.2 Å². The van der Waals surface area contributed by atoms with Gasteiger partial charge in [-0.3, -0.25) is 5.32 Å². The first-order valence-corrected chi connectivity index (χ1v) is 5.78. The molecule has 7 heteroatoms. The van der Waals surface area contributed by atoms with Gasteiger partial charge >= 0.3 is 12.3 Å². The number of anilines is 1. The molecule has 0 spiro atoms. The van der Waals surface area contributed by atoms with Gasteiger partial charge in [0.05, 0.1) is 0 Å². The van der Waals surface area contributed by atoms with Crippen molar-refractivity contribution < 1.29 is 22.7 Å². The Morgan fingerprint density at radius 2 is 2.18 bits per heavy atom. The lowest BCUT2D eigenvalue weighted by molar-refractivity contribution is -0.159. The van der Waals surface area contributed by atoms with E-state index in [1.807, 2.05) is 12.3 Å². The molecule has 0 fully saturated rings. The second-order valence-electron chi connectivity index (χ2n) is 3.05. The number of carbonyl (C=O) groups excluding carboxylic acids is 1. The zero-order valence-electron chi connectivity index (χ0n) is 8.88. The number of ether oxygens (including phenoxy) is 1. The van der Waals surface area contributed by atoms with Crippen LogP contribution in [0, 0.1) is 0 Å². The molecule has 1 rings (SSSR count). The van der Waals surface area contributed by atoms with E-state index in [4.69, 9.17) is 0 Å². The Morgan fingerprint density at radius 3 is 2.76 bits per heavy atom. The maximum atomic E-state index is 11.8. The molecule has 0 radical (unpaired) electrons. The van der Waals surface area contributed by atoms with Gasteiger partial charge in [0, 0.05) is 10.6 Å². The Morgan fingerprint density at radius 1 is 1.47 bits per heavy atom. The topological polar surface area (TPSA) is 38.3 Å². The highest BCUT2D eigenvalue weighted by atomic mass is 32.2. The van der Waals surface area contributed by atoms with Crippen molar-refractivity contribution in [2.45, 2.75) is 11.1 Å². The third-order valence-electron chi connectivity index (χ3n) is 1.68. The molecule has 0 aliphatic carbocycles. The fourth-order valence-electron chi connectivity index (χ4n) is 1.00. The summed E-state index contributed by atoms with van der Waals surface area (Å²) in [5, 5.41) is 2.21. The van der Waals surface area contributed by atoms with Crippen molar-refractivity contribution in [3.8, 4) is 0 Å². The number of rotatable bonds is 3. The van der Waals surface area contributed by atoms with Gasteiger partial charge in [0.2, 0.25) is 0 Å². The maximum absolute atomic E-state index is 11.8. The van der Waals surface area contributed by atoms with Gasteiger partial charge in [-0.1, -0.05) is 6.07 Å². The van der Waals surface area contributed by atoms with Crippen LogP contribution in [0.4, 0.5) is 23.7 Å². The van der Waals surface area contributed by atoms with Gasteiger partial charge in [-0.15, -0.1) is 11.8 Å². The van der Waals surface area contributed by atoms with Crippen molar-refractivity contribution in [2.24, 2.45) is 0 Å². The first kappa shape index (κ1) is 13.7. The van der Waals surface area contributed by atoms with Crippen LogP contribution in [0.25, 0.3) is 0 Å². The van der Waals surface area contributed by atoms with Crippen molar-refractivity contribution >= 4 is 23.5 Å². The summed E-state index contributed by atoms with van der Waals surface area (Å²) in [4.78, 5) is 11.9. The lowest BCUT2D eigenvalue weighted by Crippen LogP contribution is -2.23. The van der Waals surface area contributed by atoms with Gasteiger partial charge in [0.15, 0.2) is 6.61 Å². The van der Waals surface area contributed by atoms with Gasteiger partial charge in [0.1, 0.15) is 0 Å². The molecule has 0 aliphatic heterocycles. The smallest absolute Gasteiger partial charge is 0.422 e. The van der Waals surface area contributed by atoms with E-state index in [0.29, 0.717) is 5.69 Å². The summed E-state index contributed by atoms with van der Waals surface area (Å²) in [6.45, 7) is -1.60. The van der Waals surface area contributed by atoms with Crippen LogP contribution in [-0.4, -0.2) is 25.1 Å². The van der Waals surface area contributed by atoms with Crippen LogP contribution in [-0.2, 0) is 4.74 Å². The number of nitrogens with one attached hydrogen (secondary N) is 1. The van der Waals surface area contributed by atoms with E-state index in [0.717, 1.165) is 4.90 Å². The number of amides is 1. The third-order valence-corrected chi connectivity index (χ3v) is 2.41. The summed E-state index contributed by atoms with van der Waals surface area (Å²) in [5.41, 5.74) is 0.393. The van der Waals surface area contributed by atoms with E-state index < -0.39 is 18.9 Å². The molecule has 0 aliphatic rings. The van der Waals surface area contributed by atoms with Crippen molar-refractivity contribution in [1.29, 1.82) is 0 Å². The van der Waals surface area contributed by atoms with Crippen LogP contribution in [0.3, 0.4) is 0 Å². The minimum atomic E-state index is -4.52. The summed E-state index contributed by atoms with van der Waals surface area (Å²) in [6, 6.07) is 6.70. The number of benzene rings is 1. The molecule has 1 aromatic rings. The van der Waals surface area contributed by atoms with Crippen molar-refractivity contribution in [1.82, 2.24) is 0 Å². The van der Waals surface area contributed by atoms with Gasteiger partial charge < -0.3 is 4.74 Å². The largest absolute Gasteiger partial charge is 0.440 e. The quantitative estimate of drug-likeness (QED) is 0.850. The van der Waals surface area contributed by atoms with Crippen LogP contribution in [0.15, 0.2) is 29.2 Å². The Kier molecular flexibility index (Phi) is 4.68. The van der Waals surface area contributed by atoms with Gasteiger partial charge in [-0.05, 0) is 24.5 Å². The molecule has 0 saturated heterocycles. The predicted octanol–water partition coefficient (Wildman–Crippen LogP) is 3.52. The van der Waals surface area contributed by atoms with Crippen LogP contribution in [0.1, 0.15) is 0 Å². The average Bonchev–Trinajstić information content (AvgIpc) is 2.26. The van der Waals surface area contributed by atoms with Crippen LogP contribution in [0.5, 0.6) is 0 Å². The molecule has 94 valence electrons. The Labute approximate surface area is 100 Å². The first-order chi connectivity index (χ1) is 7.90. The summed E-state index contributed by atoms with van der Waals surface area (Å²) in [5.74, 6) is 0. The normalized spacial score (nSPS) is 11.1. The van der Waals surface area contributed by atoms with E-state index in [-0.39, 0.29) is 0 Å². The summed E-state index contributed by atoms with van der Waals surface area (Å²) in [6.07, 6.45) is -3.79. The monoisotopic (exact) mass is 265 g/mol. The van der Waals surface area contributed by atoms with E-state index in [9.17, 15) is 18.0 Å². The molecule has 1 aromatic carbocycles. The zero-order chi connectivity index (χ0) is 12.9. The fourth-order valence-corrected chi connectivity index (χ4v) is 1.46. The van der Waals surface area contributed by atoms with Gasteiger partial charge in [-0.25, -0.2) is 4.79 Å². The highest BCUT2D eigenvalue weighted by Gasteiger charge is 2.29. The maximum Gasteiger partial charge on any atom is 0.422 e. The molecule has 0 saturated carbocycles. The fraction of sp³-hybridized carbons (Fsp3) is 0.300. The Hall–Kier alpha value is -1.37. The number of thioether (sulfide) groups is 1. The van der Waals surface area contributed by atoms with Gasteiger partial charge in [0.25, 0.3) is 0 Å². The molecular formula is C10H10F3NO2S. The highest BCUT2D eigenvalue weighted by Crippen LogP contribution is 2.19. The first-order valence-electron chi connectivity index (χ1n) is 4.55. The van der Waals surface area contributed by atoms with Crippen LogP contribution < -0.4 is 5.32 Å². The minimum absolute atomic E-state index is 0.393. The summed E-state index contributed by atoms with van der Waals surface area (Å²) < 4.78 is 39.3. The standard InChI is InChI=1S/C10H10F3NO2S/c1-17-8-4-2-3-7(5-8)14-9(15)16-6-10(11,12)13/h2-5H,6H2,1H3,(H,14,15). The van der Waals surface area contributed by atoms with E-state index >= 15 is 0 Å². The molecule has 0 aromatic heterocycles. The van der Waals surface area contributed by atoms with Crippen molar-refractivity contribution in [3.05, 3.63) is 24.3 Å². The molecule has 1 amide bonds.